The van der Waals surface area contributed by atoms with Crippen molar-refractivity contribution in [1.82, 2.24) is 0 Å². The summed E-state index contributed by atoms with van der Waals surface area (Å²) >= 11 is 2.29. The van der Waals surface area contributed by atoms with Crippen LogP contribution in [0.15, 0.2) is 25.3 Å². The van der Waals surface area contributed by atoms with E-state index < -0.39 is 0 Å². The lowest BCUT2D eigenvalue weighted by Gasteiger charge is -2.42. The molecule has 0 spiro atoms. The normalized spacial score (nSPS) is 57.0. The lowest BCUT2D eigenvalue weighted by atomic mass is 9.67. The highest BCUT2D eigenvalue weighted by Gasteiger charge is 2.62. The van der Waals surface area contributed by atoms with Crippen molar-refractivity contribution in [2.24, 2.45) is 41.4 Å². The van der Waals surface area contributed by atoms with Gasteiger partial charge in [-0.15, -0.1) is 13.2 Å². The Bertz CT molecular complexity index is 419. The average molecular weight is 288 g/mol. The molecule has 8 unspecified atom stereocenters. The van der Waals surface area contributed by atoms with Crippen molar-refractivity contribution in [3.63, 3.8) is 0 Å². The van der Waals surface area contributed by atoms with Crippen LogP contribution < -0.4 is 0 Å². The minimum absolute atomic E-state index is 0.600. The van der Waals surface area contributed by atoms with Crippen LogP contribution in [0.2, 0.25) is 0 Å². The lowest BCUT2D eigenvalue weighted by molar-refractivity contribution is 0.131. The highest BCUT2D eigenvalue weighted by Crippen LogP contribution is 2.68. The molecule has 1 heteroatoms. The van der Waals surface area contributed by atoms with Crippen LogP contribution in [0.4, 0.5) is 0 Å². The average Bonchev–Trinajstić information content (AvgIpc) is 3.18. The molecule has 0 nitrogen and oxygen atoms in total. The monoisotopic (exact) mass is 288 g/mol. The van der Waals surface area contributed by atoms with Gasteiger partial charge >= 0.3 is 0 Å². The molecule has 8 atom stereocenters. The summed E-state index contributed by atoms with van der Waals surface area (Å²) in [4.78, 5) is 0. The number of hydrogen-bond acceptors (Lipinski definition) is 1. The topological polar surface area (TPSA) is 0 Å². The zero-order valence-electron chi connectivity index (χ0n) is 12.8. The number of fused-ring (bicyclic) bond motifs is 5. The second-order valence-electron chi connectivity index (χ2n) is 7.96. The van der Waals surface area contributed by atoms with Gasteiger partial charge in [0.05, 0.1) is 0 Å². The first-order valence-electron chi connectivity index (χ1n) is 8.57. The third kappa shape index (κ3) is 1.68. The SMILES string of the molecule is C=CC1CC(C=C)C2C3CC(CC3C3(C)CCCS3)C12. The molecular weight excluding hydrogens is 260 g/mol. The van der Waals surface area contributed by atoms with Crippen LogP contribution in [0, 0.1) is 41.4 Å². The molecule has 0 radical (unpaired) electrons. The predicted molar refractivity (Wildman–Crippen MR) is 88.8 cm³/mol. The molecule has 0 amide bonds. The molecule has 1 saturated heterocycles. The molecule has 4 aliphatic rings. The van der Waals surface area contributed by atoms with Crippen LogP contribution in [0.5, 0.6) is 0 Å². The van der Waals surface area contributed by atoms with Crippen LogP contribution >= 0.6 is 11.8 Å². The standard InChI is InChI=1S/C19H28S/c1-4-12-9-13(5-2)18-15-10-14(17(12)18)11-16(15)19(3)7-6-8-20-19/h4-5,12-18H,1-2,6-11H2,3H3. The van der Waals surface area contributed by atoms with Crippen LogP contribution in [0.1, 0.15) is 39.0 Å². The van der Waals surface area contributed by atoms with E-state index in [1.165, 1.54) is 37.9 Å². The molecule has 110 valence electrons. The van der Waals surface area contributed by atoms with Crippen molar-refractivity contribution in [2.75, 3.05) is 5.75 Å². The van der Waals surface area contributed by atoms with Crippen molar-refractivity contribution >= 4 is 11.8 Å². The van der Waals surface area contributed by atoms with Crippen molar-refractivity contribution in [3.8, 4) is 0 Å². The summed E-state index contributed by atoms with van der Waals surface area (Å²) in [6.45, 7) is 10.9. The summed E-state index contributed by atoms with van der Waals surface area (Å²) < 4.78 is 0.600. The maximum Gasteiger partial charge on any atom is 0.0163 e. The Hall–Kier alpha value is -0.170. The van der Waals surface area contributed by atoms with Gasteiger partial charge in [-0.1, -0.05) is 19.1 Å². The largest absolute Gasteiger partial charge is 0.155 e. The van der Waals surface area contributed by atoms with E-state index in [-0.39, 0.29) is 0 Å². The van der Waals surface area contributed by atoms with Crippen molar-refractivity contribution in [2.45, 2.75) is 43.8 Å². The Morgan fingerprint density at radius 3 is 2.45 bits per heavy atom. The highest BCUT2D eigenvalue weighted by atomic mass is 32.2. The first-order valence-corrected chi connectivity index (χ1v) is 9.55. The van der Waals surface area contributed by atoms with E-state index in [0.717, 1.165) is 41.4 Å². The Morgan fingerprint density at radius 2 is 1.80 bits per heavy atom. The molecule has 1 aliphatic heterocycles. The molecule has 3 aliphatic carbocycles. The minimum Gasteiger partial charge on any atom is -0.155 e. The van der Waals surface area contributed by atoms with Crippen LogP contribution in [0.3, 0.4) is 0 Å². The third-order valence-electron chi connectivity index (χ3n) is 7.30. The number of hydrogen-bond donors (Lipinski definition) is 0. The maximum atomic E-state index is 4.16. The van der Waals surface area contributed by atoms with Gasteiger partial charge in [0.25, 0.3) is 0 Å². The zero-order chi connectivity index (χ0) is 13.9. The van der Waals surface area contributed by atoms with Crippen molar-refractivity contribution in [1.29, 1.82) is 0 Å². The fourth-order valence-electron chi connectivity index (χ4n) is 6.62. The van der Waals surface area contributed by atoms with E-state index in [1.54, 1.807) is 0 Å². The van der Waals surface area contributed by atoms with Gasteiger partial charge in [-0.3, -0.25) is 0 Å². The first-order chi connectivity index (χ1) is 9.68. The van der Waals surface area contributed by atoms with E-state index in [2.05, 4.69) is 44.0 Å². The molecule has 20 heavy (non-hydrogen) atoms. The molecule has 4 fully saturated rings. The molecule has 0 aromatic carbocycles. The fourth-order valence-corrected chi connectivity index (χ4v) is 8.15. The number of rotatable bonds is 3. The molecule has 0 N–H and O–H groups in total. The zero-order valence-corrected chi connectivity index (χ0v) is 13.6. The van der Waals surface area contributed by atoms with E-state index in [1.807, 2.05) is 0 Å². The molecule has 0 aromatic rings. The second kappa shape index (κ2) is 4.66. The summed E-state index contributed by atoms with van der Waals surface area (Å²) in [5.41, 5.74) is 0. The molecule has 4 rings (SSSR count). The summed E-state index contributed by atoms with van der Waals surface area (Å²) in [7, 11) is 0. The summed E-state index contributed by atoms with van der Waals surface area (Å²) in [5, 5.41) is 0. The lowest BCUT2D eigenvalue weighted by Crippen LogP contribution is -2.39. The molecule has 1 heterocycles. The third-order valence-corrected chi connectivity index (χ3v) is 8.96. The quantitative estimate of drug-likeness (QED) is 0.646. The number of thioether (sulfide) groups is 1. The van der Waals surface area contributed by atoms with Gasteiger partial charge in [-0.2, -0.15) is 11.8 Å². The van der Waals surface area contributed by atoms with E-state index >= 15 is 0 Å². The van der Waals surface area contributed by atoms with Gasteiger partial charge in [0, 0.05) is 4.75 Å². The Kier molecular flexibility index (Phi) is 3.15. The molecule has 0 aromatic heterocycles. The highest BCUT2D eigenvalue weighted by molar-refractivity contribution is 8.00. The van der Waals surface area contributed by atoms with Crippen LogP contribution in [0.25, 0.3) is 0 Å². The number of allylic oxidation sites excluding steroid dienone is 2. The summed E-state index contributed by atoms with van der Waals surface area (Å²) in [6.07, 6.45) is 11.8. The molecule has 3 saturated carbocycles. The first kappa shape index (κ1) is 13.5. The maximum absolute atomic E-state index is 4.16. The van der Waals surface area contributed by atoms with Gasteiger partial charge in [-0.05, 0) is 79.3 Å². The van der Waals surface area contributed by atoms with Crippen molar-refractivity contribution < 1.29 is 0 Å². The van der Waals surface area contributed by atoms with Crippen LogP contribution in [-0.4, -0.2) is 10.5 Å². The van der Waals surface area contributed by atoms with Crippen molar-refractivity contribution in [3.05, 3.63) is 25.3 Å². The predicted octanol–water partition coefficient (Wildman–Crippen LogP) is 5.17. The molecular formula is C19H28S. The van der Waals surface area contributed by atoms with Gasteiger partial charge in [0.2, 0.25) is 0 Å². The van der Waals surface area contributed by atoms with Crippen LogP contribution in [-0.2, 0) is 0 Å². The minimum atomic E-state index is 0.600. The Morgan fingerprint density at radius 1 is 1.05 bits per heavy atom. The Balaban J connectivity index is 1.63. The summed E-state index contributed by atoms with van der Waals surface area (Å²) in [5.74, 6) is 7.84. The van der Waals surface area contributed by atoms with Gasteiger partial charge < -0.3 is 0 Å². The van der Waals surface area contributed by atoms with Gasteiger partial charge in [0.1, 0.15) is 0 Å². The van der Waals surface area contributed by atoms with E-state index in [9.17, 15) is 0 Å². The Labute approximate surface area is 128 Å². The summed E-state index contributed by atoms with van der Waals surface area (Å²) in [6, 6.07) is 0. The van der Waals surface area contributed by atoms with E-state index in [4.69, 9.17) is 0 Å². The van der Waals surface area contributed by atoms with Gasteiger partial charge in [-0.25, -0.2) is 0 Å². The fraction of sp³-hybridized carbons (Fsp3) is 0.789. The molecule has 2 bridgehead atoms. The van der Waals surface area contributed by atoms with Gasteiger partial charge in [0.15, 0.2) is 0 Å². The van der Waals surface area contributed by atoms with E-state index in [0.29, 0.717) is 4.75 Å². The second-order valence-corrected chi connectivity index (χ2v) is 9.59. The smallest absolute Gasteiger partial charge is 0.0163 e.